The first-order chi connectivity index (χ1) is 11.9. The number of hydrazone groups is 1. The summed E-state index contributed by atoms with van der Waals surface area (Å²) in [4.78, 5) is 11.1. The molecule has 25 heavy (non-hydrogen) atoms. The van der Waals surface area contributed by atoms with Gasteiger partial charge in [0.1, 0.15) is 4.90 Å². The molecule has 8 nitrogen and oxygen atoms in total. The molecule has 2 rings (SSSR count). The summed E-state index contributed by atoms with van der Waals surface area (Å²) < 4.78 is 26.8. The molecule has 0 aliphatic rings. The maximum atomic E-state index is 12.8. The van der Waals surface area contributed by atoms with Crippen LogP contribution >= 0.6 is 11.3 Å². The van der Waals surface area contributed by atoms with E-state index in [1.807, 2.05) is 17.5 Å². The van der Waals surface area contributed by atoms with Crippen LogP contribution in [0.2, 0.25) is 0 Å². The van der Waals surface area contributed by atoms with Crippen molar-refractivity contribution in [2.75, 3.05) is 18.5 Å². The molecule has 0 atom stereocenters. The molecule has 134 valence electrons. The minimum Gasteiger partial charge on any atom is -0.277 e. The first-order valence-electron chi connectivity index (χ1n) is 7.51. The largest absolute Gasteiger partial charge is 0.277 e. The van der Waals surface area contributed by atoms with E-state index in [0.29, 0.717) is 0 Å². The Kier molecular flexibility index (Phi) is 6.23. The van der Waals surface area contributed by atoms with Crippen molar-refractivity contribution in [1.29, 1.82) is 0 Å². The molecule has 0 bridgehead atoms. The fraction of sp³-hybridized carbons (Fsp3) is 0.267. The van der Waals surface area contributed by atoms with Crippen LogP contribution in [-0.2, 0) is 10.0 Å². The highest BCUT2D eigenvalue weighted by Gasteiger charge is 2.27. The topological polar surface area (TPSA) is 105 Å². The number of anilines is 1. The van der Waals surface area contributed by atoms with Gasteiger partial charge in [-0.15, -0.1) is 11.3 Å². The second kappa shape index (κ2) is 8.19. The van der Waals surface area contributed by atoms with Crippen LogP contribution in [0.5, 0.6) is 0 Å². The van der Waals surface area contributed by atoms with E-state index in [2.05, 4.69) is 10.5 Å². The lowest BCUT2D eigenvalue weighted by Crippen LogP contribution is -2.31. The van der Waals surface area contributed by atoms with Crippen LogP contribution in [-0.4, -0.2) is 37.0 Å². The van der Waals surface area contributed by atoms with Gasteiger partial charge in [-0.2, -0.15) is 9.41 Å². The van der Waals surface area contributed by atoms with E-state index in [1.54, 1.807) is 20.1 Å². The number of nitrogens with one attached hydrogen (secondary N) is 1. The minimum absolute atomic E-state index is 0.172. The van der Waals surface area contributed by atoms with Gasteiger partial charge in [0, 0.05) is 30.1 Å². The molecule has 10 heteroatoms. The number of nitro benzene ring substituents is 1. The second-order valence-corrected chi connectivity index (χ2v) is 7.80. The van der Waals surface area contributed by atoms with E-state index >= 15 is 0 Å². The molecule has 0 amide bonds. The number of sulfonamides is 1. The number of thiophene rings is 1. The van der Waals surface area contributed by atoms with Gasteiger partial charge < -0.3 is 0 Å². The number of nitro groups is 1. The fourth-order valence-corrected chi connectivity index (χ4v) is 4.37. The highest BCUT2D eigenvalue weighted by Crippen LogP contribution is 2.29. The van der Waals surface area contributed by atoms with Crippen LogP contribution < -0.4 is 5.43 Å². The van der Waals surface area contributed by atoms with Crippen molar-refractivity contribution in [2.24, 2.45) is 5.10 Å². The van der Waals surface area contributed by atoms with Gasteiger partial charge in [-0.3, -0.25) is 15.5 Å². The Morgan fingerprint density at radius 3 is 2.60 bits per heavy atom. The van der Waals surface area contributed by atoms with E-state index in [9.17, 15) is 18.5 Å². The van der Waals surface area contributed by atoms with Crippen LogP contribution in [0.4, 0.5) is 11.4 Å². The normalized spacial score (nSPS) is 12.0. The van der Waals surface area contributed by atoms with Crippen molar-refractivity contribution in [3.8, 4) is 0 Å². The molecule has 1 aromatic heterocycles. The van der Waals surface area contributed by atoms with E-state index in [-0.39, 0.29) is 29.4 Å². The Hall–Kier alpha value is -2.30. The van der Waals surface area contributed by atoms with Crippen LogP contribution in [0.25, 0.3) is 0 Å². The number of nitrogens with zero attached hydrogens (tertiary/aromatic N) is 3. The van der Waals surface area contributed by atoms with Crippen LogP contribution in [0.3, 0.4) is 0 Å². The lowest BCUT2D eigenvalue weighted by atomic mass is 10.3. The Balaban J connectivity index is 2.43. The average Bonchev–Trinajstić information content (AvgIpc) is 3.09. The van der Waals surface area contributed by atoms with Gasteiger partial charge in [0.2, 0.25) is 10.0 Å². The Labute approximate surface area is 150 Å². The second-order valence-electron chi connectivity index (χ2n) is 4.91. The molecule has 0 aliphatic carbocycles. The third-order valence-electron chi connectivity index (χ3n) is 3.42. The predicted molar refractivity (Wildman–Crippen MR) is 98.7 cm³/mol. The van der Waals surface area contributed by atoms with Crippen LogP contribution in [0.15, 0.2) is 45.7 Å². The highest BCUT2D eigenvalue weighted by molar-refractivity contribution is 7.89. The zero-order valence-corrected chi connectivity index (χ0v) is 15.4. The third kappa shape index (κ3) is 4.41. The molecule has 0 spiro atoms. The predicted octanol–water partition coefficient (Wildman–Crippen LogP) is 3.13. The summed E-state index contributed by atoms with van der Waals surface area (Å²) in [5.74, 6) is 0. The first kappa shape index (κ1) is 19.0. The average molecular weight is 382 g/mol. The number of non-ortho nitro benzene ring substituents is 1. The Bertz CT molecular complexity index is 860. The van der Waals surface area contributed by atoms with Gasteiger partial charge in [-0.05, 0) is 17.5 Å². The SMILES string of the molecule is CCN(CC)S(=O)(=O)c1cc([N+](=O)[O-])ccc1N/N=C\c1cccs1. The van der Waals surface area contributed by atoms with Gasteiger partial charge >= 0.3 is 0 Å². The molecular formula is C15H18N4O4S2. The van der Waals surface area contributed by atoms with Crippen molar-refractivity contribution in [2.45, 2.75) is 18.7 Å². The number of benzene rings is 1. The van der Waals surface area contributed by atoms with Gasteiger partial charge in [-0.1, -0.05) is 19.9 Å². The number of rotatable bonds is 8. The van der Waals surface area contributed by atoms with Gasteiger partial charge in [0.15, 0.2) is 0 Å². The Morgan fingerprint density at radius 1 is 1.32 bits per heavy atom. The number of hydrogen-bond acceptors (Lipinski definition) is 7. The zero-order chi connectivity index (χ0) is 18.4. The summed E-state index contributed by atoms with van der Waals surface area (Å²) in [5.41, 5.74) is 2.57. The Morgan fingerprint density at radius 2 is 2.04 bits per heavy atom. The third-order valence-corrected chi connectivity index (χ3v) is 6.32. The smallest absolute Gasteiger partial charge is 0.270 e. The van der Waals surface area contributed by atoms with E-state index < -0.39 is 14.9 Å². The van der Waals surface area contributed by atoms with E-state index in [4.69, 9.17) is 0 Å². The summed E-state index contributed by atoms with van der Waals surface area (Å²) in [5, 5.41) is 16.9. The van der Waals surface area contributed by atoms with Crippen molar-refractivity contribution in [3.05, 3.63) is 50.7 Å². The van der Waals surface area contributed by atoms with Gasteiger partial charge in [0.05, 0.1) is 16.8 Å². The molecule has 0 fully saturated rings. The van der Waals surface area contributed by atoms with Crippen molar-refractivity contribution >= 4 is 38.9 Å². The standard InChI is InChI=1S/C15H18N4O4S2/c1-3-18(4-2)25(22,23)15-10-12(19(20)21)7-8-14(15)17-16-11-13-6-5-9-24-13/h5-11,17H,3-4H2,1-2H3/b16-11-. The monoisotopic (exact) mass is 382 g/mol. The van der Waals surface area contributed by atoms with Gasteiger partial charge in [-0.25, -0.2) is 8.42 Å². The molecule has 1 heterocycles. The molecule has 1 N–H and O–H groups in total. The summed E-state index contributed by atoms with van der Waals surface area (Å²) in [6.07, 6.45) is 1.56. The molecule has 0 saturated carbocycles. The molecule has 1 aromatic carbocycles. The quantitative estimate of drug-likeness (QED) is 0.429. The molecule has 0 aliphatic heterocycles. The zero-order valence-electron chi connectivity index (χ0n) is 13.7. The summed E-state index contributed by atoms with van der Waals surface area (Å²) >= 11 is 1.48. The summed E-state index contributed by atoms with van der Waals surface area (Å²) in [7, 11) is -3.88. The molecule has 0 radical (unpaired) electrons. The van der Waals surface area contributed by atoms with Crippen molar-refractivity contribution in [1.82, 2.24) is 4.31 Å². The van der Waals surface area contributed by atoms with Crippen molar-refractivity contribution in [3.63, 3.8) is 0 Å². The maximum absolute atomic E-state index is 12.8. The van der Waals surface area contributed by atoms with E-state index in [1.165, 1.54) is 27.8 Å². The lowest BCUT2D eigenvalue weighted by molar-refractivity contribution is -0.385. The van der Waals surface area contributed by atoms with E-state index in [0.717, 1.165) is 10.9 Å². The van der Waals surface area contributed by atoms with Gasteiger partial charge in [0.25, 0.3) is 5.69 Å². The maximum Gasteiger partial charge on any atom is 0.270 e. The molecular weight excluding hydrogens is 364 g/mol. The lowest BCUT2D eigenvalue weighted by Gasteiger charge is -2.20. The van der Waals surface area contributed by atoms with Crippen LogP contribution in [0, 0.1) is 10.1 Å². The fourth-order valence-electron chi connectivity index (χ4n) is 2.16. The molecule has 0 unspecified atom stereocenters. The summed E-state index contributed by atoms with van der Waals surface area (Å²) in [6, 6.07) is 7.37. The number of hydrogen-bond donors (Lipinski definition) is 1. The van der Waals surface area contributed by atoms with Crippen LogP contribution in [0.1, 0.15) is 18.7 Å². The molecule has 2 aromatic rings. The van der Waals surface area contributed by atoms with Crippen molar-refractivity contribution < 1.29 is 13.3 Å². The summed E-state index contributed by atoms with van der Waals surface area (Å²) in [6.45, 7) is 3.94. The highest BCUT2D eigenvalue weighted by atomic mass is 32.2. The molecule has 0 saturated heterocycles. The minimum atomic E-state index is -3.88. The first-order valence-corrected chi connectivity index (χ1v) is 9.83.